The Bertz CT molecular complexity index is 1260. The summed E-state index contributed by atoms with van der Waals surface area (Å²) in [6, 6.07) is 20.6. The number of amides is 1. The van der Waals surface area contributed by atoms with E-state index in [1.54, 1.807) is 49.3 Å². The predicted octanol–water partition coefficient (Wildman–Crippen LogP) is 4.45. The number of carbonyl (C=O) groups is 2. The van der Waals surface area contributed by atoms with E-state index in [1.165, 1.54) is 0 Å². The number of fused-ring (bicyclic) bond motifs is 1. The third-order valence-corrected chi connectivity index (χ3v) is 7.23. The Morgan fingerprint density at radius 2 is 1.63 bits per heavy atom. The molecule has 35 heavy (non-hydrogen) atoms. The second-order valence-corrected chi connectivity index (χ2v) is 9.55. The molecule has 5 rings (SSSR count). The molecule has 2 aliphatic heterocycles. The molecule has 0 bridgehead atoms. The van der Waals surface area contributed by atoms with Gasteiger partial charge in [0.15, 0.2) is 5.78 Å². The van der Waals surface area contributed by atoms with Gasteiger partial charge in [0.1, 0.15) is 11.2 Å². The molecule has 0 spiro atoms. The van der Waals surface area contributed by atoms with Crippen molar-refractivity contribution in [3.63, 3.8) is 0 Å². The molecule has 1 atom stereocenters. The number of ketones is 1. The summed E-state index contributed by atoms with van der Waals surface area (Å²) in [4.78, 5) is 32.4. The van der Waals surface area contributed by atoms with Crippen molar-refractivity contribution in [3.05, 3.63) is 88.4 Å². The number of ether oxygens (including phenoxy) is 1. The maximum absolute atomic E-state index is 14.3. The molecule has 0 unspecified atom stereocenters. The molecule has 3 aromatic rings. The lowest BCUT2D eigenvalue weighted by Gasteiger charge is -2.42. The van der Waals surface area contributed by atoms with Crippen LogP contribution in [0.1, 0.15) is 28.4 Å². The van der Waals surface area contributed by atoms with Crippen molar-refractivity contribution in [2.24, 2.45) is 0 Å². The summed E-state index contributed by atoms with van der Waals surface area (Å²) >= 11 is 6.58. The van der Waals surface area contributed by atoms with E-state index < -0.39 is 5.41 Å². The van der Waals surface area contributed by atoms with Crippen LogP contribution >= 0.6 is 11.6 Å². The summed E-state index contributed by atoms with van der Waals surface area (Å²) in [7, 11) is 1.59. The number of nitrogens with one attached hydrogen (secondary N) is 1. The summed E-state index contributed by atoms with van der Waals surface area (Å²) in [5.74, 6) is 0.192. The van der Waals surface area contributed by atoms with Crippen LogP contribution < -0.4 is 19.9 Å². The highest BCUT2D eigenvalue weighted by Crippen LogP contribution is 2.46. The van der Waals surface area contributed by atoms with Gasteiger partial charge in [-0.15, -0.1) is 0 Å². The van der Waals surface area contributed by atoms with Crippen LogP contribution in [0.25, 0.3) is 0 Å². The molecule has 2 aliphatic rings. The lowest BCUT2D eigenvalue weighted by atomic mass is 9.71. The van der Waals surface area contributed by atoms with Gasteiger partial charge in [-0.3, -0.25) is 9.59 Å². The van der Waals surface area contributed by atoms with Gasteiger partial charge in [0.2, 0.25) is 5.91 Å². The Hall–Kier alpha value is -3.35. The summed E-state index contributed by atoms with van der Waals surface area (Å²) in [6.07, 6.45) is 0. The van der Waals surface area contributed by atoms with Crippen LogP contribution in [0.5, 0.6) is 5.75 Å². The molecular weight excluding hydrogens is 462 g/mol. The fraction of sp³-hybridized carbons (Fsp3) is 0.286. The molecule has 1 N–H and O–H groups in total. The van der Waals surface area contributed by atoms with Crippen LogP contribution in [-0.2, 0) is 16.8 Å². The molecule has 2 heterocycles. The highest BCUT2D eigenvalue weighted by atomic mass is 35.5. The first-order chi connectivity index (χ1) is 16.9. The minimum Gasteiger partial charge on any atom is -0.497 e. The minimum atomic E-state index is -1.38. The second-order valence-electron chi connectivity index (χ2n) is 9.12. The number of benzene rings is 3. The third-order valence-electron chi connectivity index (χ3n) is 7.01. The van der Waals surface area contributed by atoms with E-state index >= 15 is 0 Å². The van der Waals surface area contributed by atoms with Crippen LogP contribution in [0.2, 0.25) is 5.02 Å². The largest absolute Gasteiger partial charge is 0.497 e. The molecule has 180 valence electrons. The lowest BCUT2D eigenvalue weighted by molar-refractivity contribution is -0.122. The minimum absolute atomic E-state index is 0.211. The molecule has 1 amide bonds. The molecule has 1 fully saturated rings. The van der Waals surface area contributed by atoms with Crippen molar-refractivity contribution in [3.8, 4) is 5.75 Å². The average Bonchev–Trinajstić information content (AvgIpc) is 2.90. The second kappa shape index (κ2) is 9.36. The number of piperazine rings is 1. The van der Waals surface area contributed by atoms with Gasteiger partial charge in [-0.05, 0) is 42.3 Å². The van der Waals surface area contributed by atoms with Crippen molar-refractivity contribution in [1.82, 2.24) is 5.32 Å². The van der Waals surface area contributed by atoms with Crippen molar-refractivity contribution >= 4 is 34.7 Å². The van der Waals surface area contributed by atoms with Gasteiger partial charge < -0.3 is 19.9 Å². The monoisotopic (exact) mass is 489 g/mol. The number of anilines is 2. The Balaban J connectivity index is 1.71. The number of rotatable bonds is 5. The zero-order chi connectivity index (χ0) is 24.6. The van der Waals surface area contributed by atoms with Gasteiger partial charge in [-0.2, -0.15) is 0 Å². The van der Waals surface area contributed by atoms with Gasteiger partial charge in [0.25, 0.3) is 0 Å². The van der Waals surface area contributed by atoms with E-state index in [0.29, 0.717) is 34.1 Å². The first-order valence-electron chi connectivity index (χ1n) is 11.8. The number of hydrogen-bond donors (Lipinski definition) is 1. The third kappa shape index (κ3) is 4.07. The smallest absolute Gasteiger partial charge is 0.245 e. The van der Waals surface area contributed by atoms with Gasteiger partial charge in [0.05, 0.1) is 30.6 Å². The molecule has 6 nitrogen and oxygen atoms in total. The predicted molar refractivity (Wildman–Crippen MR) is 139 cm³/mol. The Morgan fingerprint density at radius 3 is 2.29 bits per heavy atom. The average molecular weight is 490 g/mol. The van der Waals surface area contributed by atoms with Gasteiger partial charge in [-0.1, -0.05) is 54.1 Å². The van der Waals surface area contributed by atoms with Crippen LogP contribution in [0.15, 0.2) is 66.7 Å². The maximum Gasteiger partial charge on any atom is 0.245 e. The molecule has 0 aromatic heterocycles. The Kier molecular flexibility index (Phi) is 6.26. The molecule has 0 saturated carbocycles. The zero-order valence-electron chi connectivity index (χ0n) is 19.9. The normalized spacial score (nSPS) is 20.1. The van der Waals surface area contributed by atoms with Crippen LogP contribution in [0.3, 0.4) is 0 Å². The Morgan fingerprint density at radius 1 is 0.971 bits per heavy atom. The van der Waals surface area contributed by atoms with Crippen LogP contribution in [0.4, 0.5) is 11.4 Å². The number of halogens is 1. The SMILES string of the molecule is COc1ccc([C@@]2(C)C(=O)c3c(N4CCNCC4)cc(Cl)cc3N(Cc3ccccc3)C2=O)cc1. The van der Waals surface area contributed by atoms with Crippen LogP contribution in [0, 0.1) is 0 Å². The topological polar surface area (TPSA) is 61.9 Å². The van der Waals surface area contributed by atoms with E-state index in [9.17, 15) is 9.59 Å². The van der Waals surface area contributed by atoms with Crippen LogP contribution in [-0.4, -0.2) is 45.0 Å². The summed E-state index contributed by atoms with van der Waals surface area (Å²) in [6.45, 7) is 5.22. The van der Waals surface area contributed by atoms with Crippen molar-refractivity contribution < 1.29 is 14.3 Å². The fourth-order valence-corrected chi connectivity index (χ4v) is 5.21. The number of methoxy groups -OCH3 is 1. The summed E-state index contributed by atoms with van der Waals surface area (Å²) in [5.41, 5.74) is 2.12. The first kappa shape index (κ1) is 23.4. The lowest BCUT2D eigenvalue weighted by Crippen LogP contribution is -2.55. The van der Waals surface area contributed by atoms with E-state index in [1.807, 2.05) is 36.4 Å². The quantitative estimate of drug-likeness (QED) is 0.537. The van der Waals surface area contributed by atoms with E-state index in [0.717, 1.165) is 37.4 Å². The van der Waals surface area contributed by atoms with Crippen molar-refractivity contribution in [1.29, 1.82) is 0 Å². The number of nitrogens with zero attached hydrogens (tertiary/aromatic N) is 2. The number of carbonyl (C=O) groups excluding carboxylic acids is 2. The molecular formula is C28H28ClN3O3. The fourth-order valence-electron chi connectivity index (χ4n) is 5.01. The number of hydrogen-bond acceptors (Lipinski definition) is 5. The summed E-state index contributed by atoms with van der Waals surface area (Å²) in [5, 5.41) is 3.86. The van der Waals surface area contributed by atoms with E-state index in [2.05, 4.69) is 10.2 Å². The highest BCUT2D eigenvalue weighted by Gasteiger charge is 2.52. The molecule has 3 aromatic carbocycles. The van der Waals surface area contributed by atoms with Crippen molar-refractivity contribution in [2.45, 2.75) is 18.9 Å². The van der Waals surface area contributed by atoms with Gasteiger partial charge in [-0.25, -0.2) is 0 Å². The van der Waals surface area contributed by atoms with Gasteiger partial charge in [0, 0.05) is 31.2 Å². The Labute approximate surface area is 210 Å². The zero-order valence-corrected chi connectivity index (χ0v) is 20.6. The standard InChI is InChI=1S/C28H28ClN3O3/c1-28(20-8-10-22(35-2)11-9-20)26(33)25-23(31-14-12-30-13-15-31)16-21(29)17-24(25)32(27(28)34)18-19-6-4-3-5-7-19/h3-11,16-17,30H,12-15,18H2,1-2H3/t28-/m0/s1. The molecule has 7 heteroatoms. The van der Waals surface area contributed by atoms with E-state index in [4.69, 9.17) is 16.3 Å². The first-order valence-corrected chi connectivity index (χ1v) is 12.2. The summed E-state index contributed by atoms with van der Waals surface area (Å²) < 4.78 is 5.30. The van der Waals surface area contributed by atoms with E-state index in [-0.39, 0.29) is 11.7 Å². The highest BCUT2D eigenvalue weighted by molar-refractivity contribution is 6.34. The molecule has 0 aliphatic carbocycles. The number of Topliss-reactive ketones (excluding diaryl/α,β-unsaturated/α-hetero) is 1. The molecule has 0 radical (unpaired) electrons. The maximum atomic E-state index is 14.3. The molecule has 1 saturated heterocycles. The van der Waals surface area contributed by atoms with Gasteiger partial charge >= 0.3 is 0 Å². The van der Waals surface area contributed by atoms with Crippen molar-refractivity contribution in [2.75, 3.05) is 43.1 Å².